The highest BCUT2D eigenvalue weighted by Gasteiger charge is 2.09. The van der Waals surface area contributed by atoms with E-state index in [1.807, 2.05) is 0 Å². The van der Waals surface area contributed by atoms with Gasteiger partial charge in [-0.3, -0.25) is 0 Å². The number of hydrogen-bond donors (Lipinski definition) is 4. The second kappa shape index (κ2) is 7.60. The third-order valence-corrected chi connectivity index (χ3v) is 3.88. The van der Waals surface area contributed by atoms with Gasteiger partial charge in [0.1, 0.15) is 0 Å². The summed E-state index contributed by atoms with van der Waals surface area (Å²) in [5.41, 5.74) is 0.518. The molecule has 0 aliphatic rings. The number of carboxylic acids is 1. The molecule has 116 valence electrons. The lowest BCUT2D eigenvalue weighted by atomic mass is 10.2. The lowest BCUT2D eigenvalue weighted by Crippen LogP contribution is -2.36. The molecule has 0 bridgehead atoms. The monoisotopic (exact) mass is 315 g/mol. The predicted octanol–water partition coefficient (Wildman–Crippen LogP) is 0.446. The van der Waals surface area contributed by atoms with Gasteiger partial charge in [0.15, 0.2) is 0 Å². The van der Waals surface area contributed by atoms with Crippen LogP contribution in [0.4, 0.5) is 10.5 Å². The van der Waals surface area contributed by atoms with Crippen molar-refractivity contribution in [1.29, 1.82) is 0 Å². The number of amides is 2. The topological polar surface area (TPSA) is 125 Å². The zero-order chi connectivity index (χ0) is 15.9. The Bertz CT molecular complexity index is 598. The first-order chi connectivity index (χ1) is 9.84. The van der Waals surface area contributed by atoms with Crippen LogP contribution < -0.4 is 15.4 Å². The highest BCUT2D eigenvalue weighted by molar-refractivity contribution is 7.89. The van der Waals surface area contributed by atoms with Gasteiger partial charge < -0.3 is 15.7 Å². The van der Waals surface area contributed by atoms with E-state index in [-0.39, 0.29) is 17.9 Å². The smallest absolute Gasteiger partial charge is 0.335 e. The molecule has 2 amide bonds. The van der Waals surface area contributed by atoms with E-state index in [9.17, 15) is 18.0 Å². The molecule has 9 heteroatoms. The minimum absolute atomic E-state index is 0.0334. The molecular formula is C12H17N3O5S. The van der Waals surface area contributed by atoms with E-state index < -0.39 is 22.0 Å². The third-order valence-electron chi connectivity index (χ3n) is 2.41. The summed E-state index contributed by atoms with van der Waals surface area (Å²) in [6.07, 6.45) is 0. The second-order valence-electron chi connectivity index (χ2n) is 4.08. The maximum atomic E-state index is 11.5. The number of urea groups is 1. The van der Waals surface area contributed by atoms with E-state index in [0.717, 1.165) is 0 Å². The van der Waals surface area contributed by atoms with Crippen molar-refractivity contribution in [2.75, 3.05) is 24.2 Å². The maximum absolute atomic E-state index is 11.5. The predicted molar refractivity (Wildman–Crippen MR) is 77.9 cm³/mol. The Morgan fingerprint density at radius 1 is 1.19 bits per heavy atom. The van der Waals surface area contributed by atoms with Gasteiger partial charge in [0.25, 0.3) is 0 Å². The van der Waals surface area contributed by atoms with Gasteiger partial charge in [-0.1, -0.05) is 6.92 Å². The quantitative estimate of drug-likeness (QED) is 0.581. The standard InChI is InChI=1S/C12H17N3O5S/c1-2-14-21(19,20)8-7-13-12(18)15-10-5-3-9(4-6-10)11(16)17/h3-6,14H,2,7-8H2,1H3,(H,16,17)(H2,13,15,18). The SMILES string of the molecule is CCNS(=O)(=O)CCNC(=O)Nc1ccc(C(=O)O)cc1. The van der Waals surface area contributed by atoms with Crippen LogP contribution in [0, 0.1) is 0 Å². The number of nitrogens with one attached hydrogen (secondary N) is 3. The van der Waals surface area contributed by atoms with Crippen molar-refractivity contribution >= 4 is 27.7 Å². The fraction of sp³-hybridized carbons (Fsp3) is 0.333. The number of carboxylic acid groups (broad SMARTS) is 1. The van der Waals surface area contributed by atoms with E-state index >= 15 is 0 Å². The van der Waals surface area contributed by atoms with Crippen molar-refractivity contribution < 1.29 is 23.1 Å². The fourth-order valence-electron chi connectivity index (χ4n) is 1.46. The summed E-state index contributed by atoms with van der Waals surface area (Å²) in [5, 5.41) is 13.6. The van der Waals surface area contributed by atoms with Crippen molar-refractivity contribution in [2.24, 2.45) is 0 Å². The first-order valence-electron chi connectivity index (χ1n) is 6.19. The average Bonchev–Trinajstić information content (AvgIpc) is 2.38. The molecule has 0 unspecified atom stereocenters. The summed E-state index contributed by atoms with van der Waals surface area (Å²) in [7, 11) is -3.37. The van der Waals surface area contributed by atoms with Gasteiger partial charge in [-0.2, -0.15) is 0 Å². The number of anilines is 1. The van der Waals surface area contributed by atoms with Crippen LogP contribution in [0.5, 0.6) is 0 Å². The van der Waals surface area contributed by atoms with Crippen LogP contribution in [-0.2, 0) is 10.0 Å². The molecule has 8 nitrogen and oxygen atoms in total. The summed E-state index contributed by atoms with van der Waals surface area (Å²) in [6, 6.07) is 5.03. The van der Waals surface area contributed by atoms with Gasteiger partial charge in [-0.05, 0) is 24.3 Å². The van der Waals surface area contributed by atoms with Crippen LogP contribution in [0.15, 0.2) is 24.3 Å². The van der Waals surface area contributed by atoms with Crippen LogP contribution in [-0.4, -0.2) is 44.4 Å². The molecule has 0 atom stereocenters. The van der Waals surface area contributed by atoms with Gasteiger partial charge in [0, 0.05) is 18.8 Å². The maximum Gasteiger partial charge on any atom is 0.335 e. The number of aromatic carboxylic acids is 1. The minimum atomic E-state index is -3.37. The van der Waals surface area contributed by atoms with Crippen molar-refractivity contribution in [3.05, 3.63) is 29.8 Å². The summed E-state index contributed by atoms with van der Waals surface area (Å²) in [6.45, 7) is 1.93. The molecule has 0 aromatic heterocycles. The van der Waals surface area contributed by atoms with E-state index in [4.69, 9.17) is 5.11 Å². The molecule has 0 saturated carbocycles. The molecule has 0 fully saturated rings. The van der Waals surface area contributed by atoms with Gasteiger partial charge >= 0.3 is 12.0 Å². The Morgan fingerprint density at radius 3 is 2.33 bits per heavy atom. The molecule has 0 aliphatic carbocycles. The molecule has 0 heterocycles. The Morgan fingerprint density at radius 2 is 1.81 bits per heavy atom. The van der Waals surface area contributed by atoms with Gasteiger partial charge in [0.2, 0.25) is 10.0 Å². The molecule has 1 aromatic rings. The second-order valence-corrected chi connectivity index (χ2v) is 6.01. The van der Waals surface area contributed by atoms with E-state index in [0.29, 0.717) is 12.2 Å². The summed E-state index contributed by atoms with van der Waals surface area (Å²) >= 11 is 0. The van der Waals surface area contributed by atoms with Crippen LogP contribution in [0.25, 0.3) is 0 Å². The van der Waals surface area contributed by atoms with Crippen molar-refractivity contribution in [2.45, 2.75) is 6.92 Å². The number of sulfonamides is 1. The molecule has 1 aromatic carbocycles. The number of rotatable bonds is 7. The van der Waals surface area contributed by atoms with Crippen LogP contribution in [0.2, 0.25) is 0 Å². The Balaban J connectivity index is 2.42. The minimum Gasteiger partial charge on any atom is -0.478 e. The van der Waals surface area contributed by atoms with Gasteiger partial charge in [-0.25, -0.2) is 22.7 Å². The van der Waals surface area contributed by atoms with Gasteiger partial charge in [0.05, 0.1) is 11.3 Å². The number of benzene rings is 1. The molecular weight excluding hydrogens is 298 g/mol. The lowest BCUT2D eigenvalue weighted by Gasteiger charge is -2.08. The number of carbonyl (C=O) groups is 2. The van der Waals surface area contributed by atoms with Gasteiger partial charge in [-0.15, -0.1) is 0 Å². The summed E-state index contributed by atoms with van der Waals surface area (Å²) in [5.74, 6) is -1.27. The zero-order valence-electron chi connectivity index (χ0n) is 11.4. The third kappa shape index (κ3) is 6.23. The van der Waals surface area contributed by atoms with Crippen LogP contribution in [0.1, 0.15) is 17.3 Å². The van der Waals surface area contributed by atoms with Crippen molar-refractivity contribution in [3.63, 3.8) is 0 Å². The van der Waals surface area contributed by atoms with Crippen molar-refractivity contribution in [1.82, 2.24) is 10.0 Å². The Labute approximate surface area is 122 Å². The number of hydrogen-bond acceptors (Lipinski definition) is 4. The molecule has 21 heavy (non-hydrogen) atoms. The van der Waals surface area contributed by atoms with Crippen LogP contribution in [0.3, 0.4) is 0 Å². The summed E-state index contributed by atoms with van der Waals surface area (Å²) < 4.78 is 25.0. The first-order valence-corrected chi connectivity index (χ1v) is 7.85. The molecule has 0 radical (unpaired) electrons. The Kier molecular flexibility index (Phi) is 6.12. The lowest BCUT2D eigenvalue weighted by molar-refractivity contribution is 0.0697. The van der Waals surface area contributed by atoms with E-state index in [1.165, 1.54) is 24.3 Å². The zero-order valence-corrected chi connectivity index (χ0v) is 12.2. The Hall–Kier alpha value is -2.13. The average molecular weight is 315 g/mol. The first kappa shape index (κ1) is 16.9. The van der Waals surface area contributed by atoms with Crippen molar-refractivity contribution in [3.8, 4) is 0 Å². The number of carbonyl (C=O) groups excluding carboxylic acids is 1. The largest absolute Gasteiger partial charge is 0.478 e. The molecule has 0 aliphatic heterocycles. The molecule has 4 N–H and O–H groups in total. The molecule has 1 rings (SSSR count). The summed E-state index contributed by atoms with van der Waals surface area (Å²) in [4.78, 5) is 22.2. The van der Waals surface area contributed by atoms with E-state index in [1.54, 1.807) is 6.92 Å². The molecule has 0 spiro atoms. The highest BCUT2D eigenvalue weighted by atomic mass is 32.2. The molecule has 0 saturated heterocycles. The van der Waals surface area contributed by atoms with Crippen LogP contribution >= 0.6 is 0 Å². The van der Waals surface area contributed by atoms with E-state index in [2.05, 4.69) is 15.4 Å². The normalized spacial score (nSPS) is 10.9. The highest BCUT2D eigenvalue weighted by Crippen LogP contribution is 2.09. The fourth-order valence-corrected chi connectivity index (χ4v) is 2.42.